The zero-order chi connectivity index (χ0) is 15.1. The average molecular weight is 314 g/mol. The molecule has 5 nitrogen and oxygen atoms in total. The van der Waals surface area contributed by atoms with Gasteiger partial charge in [-0.3, -0.25) is 9.69 Å². The second-order valence-electron chi connectivity index (χ2n) is 6.33. The molecule has 6 heteroatoms. The van der Waals surface area contributed by atoms with E-state index in [0.29, 0.717) is 12.4 Å². The number of fused-ring (bicyclic) bond motifs is 2. The molecule has 4 aliphatic rings. The lowest BCUT2D eigenvalue weighted by Crippen LogP contribution is -2.38. The highest BCUT2D eigenvalue weighted by molar-refractivity contribution is 8.17. The minimum Gasteiger partial charge on any atom is -0.296 e. The Hall–Kier alpha value is -1.45. The molecular weight excluding hydrogens is 296 g/mol. The van der Waals surface area contributed by atoms with Crippen molar-refractivity contribution in [3.8, 4) is 6.07 Å². The van der Waals surface area contributed by atoms with Crippen LogP contribution in [0.2, 0.25) is 0 Å². The number of carbonyl (C=O) groups excluding carboxylic acids is 1. The molecule has 114 valence electrons. The third kappa shape index (κ3) is 2.42. The molecule has 0 aromatic rings. The number of nitriles is 1. The molecule has 0 spiro atoms. The summed E-state index contributed by atoms with van der Waals surface area (Å²) in [6, 6.07) is 2.34. The van der Waals surface area contributed by atoms with Gasteiger partial charge in [0.25, 0.3) is 5.91 Å². The van der Waals surface area contributed by atoms with Gasteiger partial charge in [0.05, 0.1) is 17.7 Å². The van der Waals surface area contributed by atoms with Crippen LogP contribution in [0.25, 0.3) is 0 Å². The Morgan fingerprint density at radius 2 is 2.09 bits per heavy atom. The van der Waals surface area contributed by atoms with Crippen molar-refractivity contribution in [3.05, 3.63) is 10.5 Å². The van der Waals surface area contributed by atoms with Crippen molar-refractivity contribution in [3.63, 3.8) is 0 Å². The summed E-state index contributed by atoms with van der Waals surface area (Å²) in [4.78, 5) is 24.9. The number of amides is 1. The minimum absolute atomic E-state index is 0.0219. The first-order chi connectivity index (χ1) is 10.7. The molecule has 1 aliphatic carbocycles. The van der Waals surface area contributed by atoms with E-state index in [2.05, 4.69) is 21.0 Å². The largest absolute Gasteiger partial charge is 0.296 e. The standard InChI is InChI=1S/C16H18N4OS/c17-8-10-4-6-20(7-5-10)9-13-18-15(21)14-11-2-1-3-12(11)22-16(14)19-13/h10,14H,1-7,9H2. The zero-order valence-corrected chi connectivity index (χ0v) is 13.2. The first kappa shape index (κ1) is 14.2. The fraction of sp³-hybridized carbons (Fsp3) is 0.625. The molecule has 4 rings (SSSR count). The third-order valence-electron chi connectivity index (χ3n) is 4.89. The molecule has 3 aliphatic heterocycles. The van der Waals surface area contributed by atoms with Gasteiger partial charge in [0.1, 0.15) is 11.8 Å². The molecule has 0 N–H and O–H groups in total. The lowest BCUT2D eigenvalue weighted by Gasteiger charge is -2.29. The number of carbonyl (C=O) groups is 1. The van der Waals surface area contributed by atoms with Crippen LogP contribution in [0.4, 0.5) is 0 Å². The Balaban J connectivity index is 1.44. The lowest BCUT2D eigenvalue weighted by molar-refractivity contribution is -0.118. The number of allylic oxidation sites excluding steroid dienone is 1. The number of nitrogens with zero attached hydrogens (tertiary/aromatic N) is 4. The number of likely N-dealkylation sites (tertiary alicyclic amines) is 1. The fourth-order valence-corrected chi connectivity index (χ4v) is 5.03. The van der Waals surface area contributed by atoms with E-state index in [-0.39, 0.29) is 17.7 Å². The van der Waals surface area contributed by atoms with E-state index < -0.39 is 0 Å². The molecule has 0 aromatic carbocycles. The van der Waals surface area contributed by atoms with Gasteiger partial charge in [0.15, 0.2) is 0 Å². The Bertz CT molecular complexity index is 650. The first-order valence-electron chi connectivity index (χ1n) is 7.96. The average Bonchev–Trinajstić information content (AvgIpc) is 3.08. The van der Waals surface area contributed by atoms with Gasteiger partial charge >= 0.3 is 0 Å². The molecule has 0 saturated carbocycles. The second kappa shape index (κ2) is 5.64. The Morgan fingerprint density at radius 1 is 1.27 bits per heavy atom. The number of thioether (sulfide) groups is 1. The van der Waals surface area contributed by atoms with E-state index in [1.165, 1.54) is 16.9 Å². The predicted molar refractivity (Wildman–Crippen MR) is 86.6 cm³/mol. The van der Waals surface area contributed by atoms with Gasteiger partial charge in [-0.1, -0.05) is 11.8 Å². The third-order valence-corrected chi connectivity index (χ3v) is 6.14. The molecule has 3 heterocycles. The summed E-state index contributed by atoms with van der Waals surface area (Å²) in [5.74, 6) is 0.654. The molecule has 1 fully saturated rings. The summed E-state index contributed by atoms with van der Waals surface area (Å²) < 4.78 is 0. The number of amidine groups is 1. The summed E-state index contributed by atoms with van der Waals surface area (Å²) in [5.41, 5.74) is 1.28. The topological polar surface area (TPSA) is 68.8 Å². The number of aliphatic imine (C=N–C) groups is 2. The van der Waals surface area contributed by atoms with Crippen LogP contribution < -0.4 is 0 Å². The SMILES string of the molecule is N#CC1CCN(CC2=NC(=O)C3C(=N2)SC2=C3CCC2)CC1. The quantitative estimate of drug-likeness (QED) is 0.784. The first-order valence-corrected chi connectivity index (χ1v) is 8.78. The van der Waals surface area contributed by atoms with Gasteiger partial charge in [-0.25, -0.2) is 4.99 Å². The fourth-order valence-electron chi connectivity index (χ4n) is 3.67. The van der Waals surface area contributed by atoms with Gasteiger partial charge in [0.2, 0.25) is 0 Å². The van der Waals surface area contributed by atoms with E-state index in [1.807, 2.05) is 0 Å². The summed E-state index contributed by atoms with van der Waals surface area (Å²) in [6.07, 6.45) is 5.10. The zero-order valence-electron chi connectivity index (χ0n) is 12.4. The highest BCUT2D eigenvalue weighted by Crippen LogP contribution is 2.48. The van der Waals surface area contributed by atoms with Crippen LogP contribution in [0.3, 0.4) is 0 Å². The van der Waals surface area contributed by atoms with E-state index in [9.17, 15) is 4.79 Å². The molecule has 1 unspecified atom stereocenters. The van der Waals surface area contributed by atoms with Crippen molar-refractivity contribution in [2.75, 3.05) is 19.6 Å². The van der Waals surface area contributed by atoms with Gasteiger partial charge in [0, 0.05) is 5.92 Å². The van der Waals surface area contributed by atoms with E-state index in [1.54, 1.807) is 11.8 Å². The summed E-state index contributed by atoms with van der Waals surface area (Å²) in [6.45, 7) is 2.41. The second-order valence-corrected chi connectivity index (χ2v) is 7.45. The minimum atomic E-state index is -0.157. The maximum absolute atomic E-state index is 12.4. The molecule has 0 radical (unpaired) electrons. The van der Waals surface area contributed by atoms with E-state index in [0.717, 1.165) is 43.8 Å². The molecule has 22 heavy (non-hydrogen) atoms. The number of piperidine rings is 1. The molecule has 1 saturated heterocycles. The highest BCUT2D eigenvalue weighted by Gasteiger charge is 2.41. The molecule has 1 amide bonds. The van der Waals surface area contributed by atoms with Gasteiger partial charge in [-0.15, -0.1) is 0 Å². The summed E-state index contributed by atoms with van der Waals surface area (Å²) in [7, 11) is 0. The lowest BCUT2D eigenvalue weighted by atomic mass is 9.97. The van der Waals surface area contributed by atoms with Gasteiger partial charge in [-0.2, -0.15) is 10.3 Å². The van der Waals surface area contributed by atoms with Crippen LogP contribution >= 0.6 is 11.8 Å². The number of hydrogen-bond acceptors (Lipinski definition) is 5. The summed E-state index contributed by atoms with van der Waals surface area (Å²) >= 11 is 1.71. The highest BCUT2D eigenvalue weighted by atomic mass is 32.2. The van der Waals surface area contributed by atoms with Crippen molar-refractivity contribution in [2.45, 2.75) is 32.1 Å². The van der Waals surface area contributed by atoms with E-state index in [4.69, 9.17) is 5.26 Å². The molecule has 0 bridgehead atoms. The Kier molecular flexibility index (Phi) is 3.63. The Morgan fingerprint density at radius 3 is 2.86 bits per heavy atom. The van der Waals surface area contributed by atoms with Crippen LogP contribution in [0.15, 0.2) is 20.5 Å². The molecule has 0 aromatic heterocycles. The van der Waals surface area contributed by atoms with Crippen LogP contribution in [0, 0.1) is 23.2 Å². The molecule has 1 atom stereocenters. The van der Waals surface area contributed by atoms with Crippen molar-refractivity contribution in [2.24, 2.45) is 21.8 Å². The van der Waals surface area contributed by atoms with Crippen molar-refractivity contribution < 1.29 is 4.79 Å². The van der Waals surface area contributed by atoms with Gasteiger partial charge < -0.3 is 0 Å². The van der Waals surface area contributed by atoms with Crippen molar-refractivity contribution in [1.29, 1.82) is 5.26 Å². The summed E-state index contributed by atoms with van der Waals surface area (Å²) in [5, 5.41) is 9.90. The number of hydrogen-bond donors (Lipinski definition) is 0. The van der Waals surface area contributed by atoms with Crippen LogP contribution in [-0.4, -0.2) is 41.3 Å². The monoisotopic (exact) mass is 314 g/mol. The normalized spacial score (nSPS) is 29.0. The van der Waals surface area contributed by atoms with E-state index >= 15 is 0 Å². The number of rotatable bonds is 2. The Labute approximate surface area is 134 Å². The van der Waals surface area contributed by atoms with Crippen molar-refractivity contribution in [1.82, 2.24) is 4.90 Å². The van der Waals surface area contributed by atoms with Crippen molar-refractivity contribution >= 4 is 28.5 Å². The smallest absolute Gasteiger partial charge is 0.261 e. The van der Waals surface area contributed by atoms with Gasteiger partial charge in [-0.05, 0) is 55.7 Å². The maximum Gasteiger partial charge on any atom is 0.261 e. The predicted octanol–water partition coefficient (Wildman–Crippen LogP) is 2.36. The van der Waals surface area contributed by atoms with Crippen LogP contribution in [-0.2, 0) is 4.79 Å². The molecular formula is C16H18N4OS. The van der Waals surface area contributed by atoms with Crippen LogP contribution in [0.1, 0.15) is 32.1 Å². The van der Waals surface area contributed by atoms with Crippen LogP contribution in [0.5, 0.6) is 0 Å². The maximum atomic E-state index is 12.4.